The van der Waals surface area contributed by atoms with Gasteiger partial charge in [0.05, 0.1) is 6.61 Å². The van der Waals surface area contributed by atoms with Crippen LogP contribution in [-0.4, -0.2) is 23.7 Å². The smallest absolute Gasteiger partial charge is 0.242 e. The number of nitrogens with two attached hydrogens (primary N) is 1. The van der Waals surface area contributed by atoms with E-state index in [4.69, 9.17) is 10.8 Å². The van der Waals surface area contributed by atoms with Crippen molar-refractivity contribution in [2.75, 3.05) is 11.9 Å². The lowest BCUT2D eigenvalue weighted by molar-refractivity contribution is -0.119. The molecule has 0 heterocycles. The number of hydrogen-bond donors (Lipinski definition) is 3. The van der Waals surface area contributed by atoms with Crippen LogP contribution in [0.2, 0.25) is 0 Å². The van der Waals surface area contributed by atoms with Crippen LogP contribution in [-0.2, 0) is 4.79 Å². The van der Waals surface area contributed by atoms with E-state index in [0.29, 0.717) is 0 Å². The van der Waals surface area contributed by atoms with Gasteiger partial charge in [-0.1, -0.05) is 18.2 Å². The molecule has 0 bridgehead atoms. The average molecular weight is 180 g/mol. The Balaban J connectivity index is 2.62. The minimum atomic E-state index is -0.720. The van der Waals surface area contributed by atoms with Gasteiger partial charge in [0.25, 0.3) is 0 Å². The molecule has 0 aliphatic rings. The molecule has 4 heteroatoms. The van der Waals surface area contributed by atoms with Gasteiger partial charge in [0.1, 0.15) is 6.04 Å². The molecule has 4 nitrogen and oxygen atoms in total. The van der Waals surface area contributed by atoms with Crippen LogP contribution in [0.5, 0.6) is 0 Å². The molecule has 0 spiro atoms. The number of nitrogens with one attached hydrogen (secondary N) is 1. The molecule has 1 aromatic carbocycles. The number of aliphatic hydroxyl groups excluding tert-OH is 1. The summed E-state index contributed by atoms with van der Waals surface area (Å²) in [5, 5.41) is 11.6. The van der Waals surface area contributed by atoms with Crippen LogP contribution in [0.15, 0.2) is 30.3 Å². The Labute approximate surface area is 76.4 Å². The average Bonchev–Trinajstić information content (AvgIpc) is 2.15. The zero-order valence-electron chi connectivity index (χ0n) is 7.10. The van der Waals surface area contributed by atoms with Crippen molar-refractivity contribution in [3.63, 3.8) is 0 Å². The number of rotatable bonds is 4. The van der Waals surface area contributed by atoms with Crippen LogP contribution in [0.1, 0.15) is 0 Å². The van der Waals surface area contributed by atoms with Gasteiger partial charge in [-0.2, -0.15) is 0 Å². The summed E-state index contributed by atoms with van der Waals surface area (Å²) in [5.41, 5.74) is 5.80. The molecular weight excluding hydrogens is 168 g/mol. The Morgan fingerprint density at radius 3 is 2.54 bits per heavy atom. The first-order chi connectivity index (χ1) is 6.24. The first-order valence-electron chi connectivity index (χ1n) is 3.96. The number of aliphatic hydroxyl groups is 1. The third-order valence-electron chi connectivity index (χ3n) is 1.64. The fourth-order valence-electron chi connectivity index (χ4n) is 0.942. The SMILES string of the molecule is NC(=O)[C@@H](CO)Nc1ccccc1. The molecule has 0 unspecified atom stereocenters. The molecule has 4 N–H and O–H groups in total. The first-order valence-corrected chi connectivity index (χ1v) is 3.96. The molecule has 1 amide bonds. The Bertz CT molecular complexity index is 274. The van der Waals surface area contributed by atoms with E-state index in [-0.39, 0.29) is 6.61 Å². The molecule has 70 valence electrons. The normalized spacial score (nSPS) is 12.1. The van der Waals surface area contributed by atoms with Gasteiger partial charge in [-0.05, 0) is 12.1 Å². The highest BCUT2D eigenvalue weighted by Gasteiger charge is 2.12. The van der Waals surface area contributed by atoms with Gasteiger partial charge >= 0.3 is 0 Å². The van der Waals surface area contributed by atoms with E-state index in [1.165, 1.54) is 0 Å². The number of hydrogen-bond acceptors (Lipinski definition) is 3. The molecule has 0 fully saturated rings. The fourth-order valence-corrected chi connectivity index (χ4v) is 0.942. The van der Waals surface area contributed by atoms with Crippen LogP contribution in [0.25, 0.3) is 0 Å². The lowest BCUT2D eigenvalue weighted by Gasteiger charge is -2.13. The minimum Gasteiger partial charge on any atom is -0.394 e. The molecule has 0 aliphatic carbocycles. The van der Waals surface area contributed by atoms with E-state index in [0.717, 1.165) is 5.69 Å². The maximum atomic E-state index is 10.7. The second-order valence-electron chi connectivity index (χ2n) is 2.65. The number of carbonyl (C=O) groups is 1. The van der Waals surface area contributed by atoms with Crippen molar-refractivity contribution in [2.24, 2.45) is 5.73 Å². The highest BCUT2D eigenvalue weighted by Crippen LogP contribution is 2.06. The molecule has 0 saturated heterocycles. The highest BCUT2D eigenvalue weighted by molar-refractivity contribution is 5.83. The summed E-state index contributed by atoms with van der Waals surface area (Å²) in [7, 11) is 0. The summed E-state index contributed by atoms with van der Waals surface area (Å²) < 4.78 is 0. The number of anilines is 1. The van der Waals surface area contributed by atoms with Crippen LogP contribution in [0.4, 0.5) is 5.69 Å². The van der Waals surface area contributed by atoms with Crippen LogP contribution >= 0.6 is 0 Å². The van der Waals surface area contributed by atoms with Gasteiger partial charge in [-0.15, -0.1) is 0 Å². The van der Waals surface area contributed by atoms with Crippen molar-refractivity contribution in [1.82, 2.24) is 0 Å². The molecule has 1 atom stereocenters. The van der Waals surface area contributed by atoms with Gasteiger partial charge in [0, 0.05) is 5.69 Å². The Hall–Kier alpha value is -1.55. The predicted octanol–water partition coefficient (Wildman–Crippen LogP) is -0.0553. The standard InChI is InChI=1S/C9H12N2O2/c10-9(13)8(6-12)11-7-4-2-1-3-5-7/h1-5,8,11-12H,6H2,(H2,10,13)/t8-/m1/s1. The van der Waals surface area contributed by atoms with E-state index in [1.54, 1.807) is 12.1 Å². The van der Waals surface area contributed by atoms with E-state index in [1.807, 2.05) is 18.2 Å². The largest absolute Gasteiger partial charge is 0.394 e. The number of amides is 1. The van der Waals surface area contributed by atoms with E-state index < -0.39 is 11.9 Å². The minimum absolute atomic E-state index is 0.301. The fraction of sp³-hybridized carbons (Fsp3) is 0.222. The second-order valence-corrected chi connectivity index (χ2v) is 2.65. The lowest BCUT2D eigenvalue weighted by Crippen LogP contribution is -2.38. The Kier molecular flexibility index (Phi) is 3.28. The molecule has 0 radical (unpaired) electrons. The summed E-state index contributed by atoms with van der Waals surface area (Å²) in [5.74, 6) is -0.564. The predicted molar refractivity (Wildman–Crippen MR) is 50.1 cm³/mol. The quantitative estimate of drug-likeness (QED) is 0.607. The summed E-state index contributed by atoms with van der Waals surface area (Å²) in [6, 6.07) is 8.40. The van der Waals surface area contributed by atoms with Gasteiger partial charge in [-0.3, -0.25) is 4.79 Å². The van der Waals surface area contributed by atoms with Crippen LogP contribution in [0.3, 0.4) is 0 Å². The van der Waals surface area contributed by atoms with Crippen LogP contribution in [0, 0.1) is 0 Å². The molecule has 13 heavy (non-hydrogen) atoms. The van der Waals surface area contributed by atoms with E-state index in [2.05, 4.69) is 5.32 Å². The Morgan fingerprint density at radius 1 is 1.46 bits per heavy atom. The van der Waals surface area contributed by atoms with Crippen LogP contribution < -0.4 is 11.1 Å². The molecule has 1 aromatic rings. The van der Waals surface area contributed by atoms with E-state index >= 15 is 0 Å². The molecular formula is C9H12N2O2. The maximum Gasteiger partial charge on any atom is 0.242 e. The zero-order chi connectivity index (χ0) is 9.68. The van der Waals surface area contributed by atoms with Gasteiger partial charge in [-0.25, -0.2) is 0 Å². The Morgan fingerprint density at radius 2 is 2.08 bits per heavy atom. The topological polar surface area (TPSA) is 75.4 Å². The van der Waals surface area contributed by atoms with Crippen molar-refractivity contribution in [3.8, 4) is 0 Å². The number of primary amides is 1. The maximum absolute atomic E-state index is 10.7. The number of carbonyl (C=O) groups excluding carboxylic acids is 1. The monoisotopic (exact) mass is 180 g/mol. The van der Waals surface area contributed by atoms with Gasteiger partial charge in [0.15, 0.2) is 0 Å². The third-order valence-corrected chi connectivity index (χ3v) is 1.64. The first kappa shape index (κ1) is 9.54. The summed E-state index contributed by atoms with van der Waals surface area (Å²) in [6.07, 6.45) is 0. The highest BCUT2D eigenvalue weighted by atomic mass is 16.3. The molecule has 1 rings (SSSR count). The third kappa shape index (κ3) is 2.76. The number of benzene rings is 1. The summed E-state index contributed by atoms with van der Waals surface area (Å²) in [4.78, 5) is 10.7. The second kappa shape index (κ2) is 4.47. The lowest BCUT2D eigenvalue weighted by atomic mass is 10.2. The van der Waals surface area contributed by atoms with Crippen molar-refractivity contribution in [3.05, 3.63) is 30.3 Å². The van der Waals surface area contributed by atoms with Gasteiger partial charge < -0.3 is 16.2 Å². The summed E-state index contributed by atoms with van der Waals surface area (Å²) in [6.45, 7) is -0.301. The zero-order valence-corrected chi connectivity index (χ0v) is 7.10. The molecule has 0 saturated carbocycles. The molecule has 0 aromatic heterocycles. The van der Waals surface area contributed by atoms with E-state index in [9.17, 15) is 4.79 Å². The number of para-hydroxylation sites is 1. The van der Waals surface area contributed by atoms with Crippen molar-refractivity contribution < 1.29 is 9.90 Å². The molecule has 0 aliphatic heterocycles. The van der Waals surface area contributed by atoms with Crippen molar-refractivity contribution >= 4 is 11.6 Å². The van der Waals surface area contributed by atoms with Crippen molar-refractivity contribution in [1.29, 1.82) is 0 Å². The van der Waals surface area contributed by atoms with Crippen molar-refractivity contribution in [2.45, 2.75) is 6.04 Å². The van der Waals surface area contributed by atoms with Gasteiger partial charge in [0.2, 0.25) is 5.91 Å². The summed E-state index contributed by atoms with van der Waals surface area (Å²) >= 11 is 0.